The van der Waals surface area contributed by atoms with Gasteiger partial charge in [-0.15, -0.1) is 0 Å². The van der Waals surface area contributed by atoms with Crippen molar-refractivity contribution in [3.05, 3.63) is 95.6 Å². The Kier molecular flexibility index (Phi) is 21.5. The Morgan fingerprint density at radius 3 is 1.81 bits per heavy atom. The summed E-state index contributed by atoms with van der Waals surface area (Å²) in [6.07, 6.45) is 5.41. The van der Waals surface area contributed by atoms with Crippen molar-refractivity contribution in [1.82, 2.24) is 10.4 Å². The summed E-state index contributed by atoms with van der Waals surface area (Å²) in [6, 6.07) is 24.9. The average molecular weight is 877 g/mol. The maximum atomic E-state index is 13.3. The molecule has 2 amide bonds. The molecule has 1 saturated heterocycles. The minimum absolute atomic E-state index is 0.0363. The number of rotatable bonds is 28. The van der Waals surface area contributed by atoms with Crippen molar-refractivity contribution >= 4 is 23.6 Å². The first-order chi connectivity index (χ1) is 30.4. The van der Waals surface area contributed by atoms with Crippen molar-refractivity contribution in [1.29, 1.82) is 0 Å². The topological polar surface area (TPSA) is 168 Å². The molecule has 1 aliphatic rings. The molecule has 5 atom stereocenters. The van der Waals surface area contributed by atoms with Gasteiger partial charge in [-0.3, -0.25) is 19.2 Å². The SMILES string of the molecule is COc1ccc(C(OCCN(OCO)C(=O)CCCCCCC(=O)CCCCCOC2OC(COC(C)=O)C(C)C(C)C2NC(C)=O)(c2ccccc2)c2ccc(OC)cc2)cc1. The van der Waals surface area contributed by atoms with Crippen LogP contribution in [0, 0.1) is 11.8 Å². The quantitative estimate of drug-likeness (QED) is 0.0247. The fraction of sp³-hybridized carbons (Fsp3) is 0.551. The number of nitrogens with zero attached hydrogens (tertiary/aromatic N) is 1. The highest BCUT2D eigenvalue weighted by atomic mass is 16.7. The van der Waals surface area contributed by atoms with Gasteiger partial charge in [-0.2, -0.15) is 0 Å². The van der Waals surface area contributed by atoms with Gasteiger partial charge in [0.05, 0.1) is 39.5 Å². The van der Waals surface area contributed by atoms with Crippen LogP contribution in [0.5, 0.6) is 11.5 Å². The predicted molar refractivity (Wildman–Crippen MR) is 237 cm³/mol. The van der Waals surface area contributed by atoms with Gasteiger partial charge in [0.2, 0.25) is 11.8 Å². The van der Waals surface area contributed by atoms with Crippen LogP contribution in [0.1, 0.15) is 109 Å². The van der Waals surface area contributed by atoms with Gasteiger partial charge in [0, 0.05) is 39.7 Å². The van der Waals surface area contributed by atoms with E-state index in [1.165, 1.54) is 18.9 Å². The Balaban J connectivity index is 1.19. The van der Waals surface area contributed by atoms with Gasteiger partial charge in [0.1, 0.15) is 29.5 Å². The Bertz CT molecular complexity index is 1770. The molecule has 0 aromatic heterocycles. The maximum Gasteiger partial charge on any atom is 0.302 e. The number of unbranched alkanes of at least 4 members (excludes halogenated alkanes) is 5. The number of methoxy groups -OCH3 is 2. The third kappa shape index (κ3) is 15.4. The van der Waals surface area contributed by atoms with Crippen LogP contribution in [-0.4, -0.2) is 99.6 Å². The Morgan fingerprint density at radius 1 is 0.714 bits per heavy atom. The lowest BCUT2D eigenvalue weighted by atomic mass is 9.80. The lowest BCUT2D eigenvalue weighted by Crippen LogP contribution is -2.58. The number of hydrogen-bond acceptors (Lipinski definition) is 12. The van der Waals surface area contributed by atoms with Gasteiger partial charge < -0.3 is 38.8 Å². The molecule has 4 rings (SSSR count). The first-order valence-corrected chi connectivity index (χ1v) is 22.1. The number of ketones is 1. The minimum atomic E-state index is -1.07. The molecule has 0 radical (unpaired) electrons. The number of hydroxylamine groups is 2. The van der Waals surface area contributed by atoms with Crippen LogP contribution in [0.2, 0.25) is 0 Å². The van der Waals surface area contributed by atoms with E-state index in [0.29, 0.717) is 37.4 Å². The molecule has 3 aromatic rings. The highest BCUT2D eigenvalue weighted by Gasteiger charge is 2.43. The summed E-state index contributed by atoms with van der Waals surface area (Å²) in [6.45, 7) is 6.89. The molecule has 3 aromatic carbocycles. The zero-order valence-electron chi connectivity index (χ0n) is 37.9. The van der Waals surface area contributed by atoms with Crippen LogP contribution in [0.25, 0.3) is 0 Å². The van der Waals surface area contributed by atoms with Crippen LogP contribution >= 0.6 is 0 Å². The Hall–Kier alpha value is -4.86. The normalized spacial score (nSPS) is 18.6. The molecule has 0 spiro atoms. The number of Topliss-reactive ketones (excluding diaryl/α,β-unsaturated/α-hetero) is 1. The number of nitrogens with one attached hydrogen (secondary N) is 1. The van der Waals surface area contributed by atoms with E-state index in [4.69, 9.17) is 33.3 Å². The van der Waals surface area contributed by atoms with Gasteiger partial charge in [0.15, 0.2) is 13.1 Å². The summed E-state index contributed by atoms with van der Waals surface area (Å²) in [5.74, 6) is 0.882. The first kappa shape index (κ1) is 50.8. The van der Waals surface area contributed by atoms with E-state index in [1.807, 2.05) is 92.7 Å². The molecule has 2 N–H and O–H groups in total. The molecule has 5 unspecified atom stereocenters. The monoisotopic (exact) mass is 876 g/mol. The van der Waals surface area contributed by atoms with Crippen molar-refractivity contribution in [2.75, 3.05) is 47.4 Å². The van der Waals surface area contributed by atoms with Gasteiger partial charge in [0.25, 0.3) is 0 Å². The molecule has 1 heterocycles. The number of amides is 2. The number of carbonyl (C=O) groups excluding carboxylic acids is 4. The van der Waals surface area contributed by atoms with Crippen LogP contribution in [0.4, 0.5) is 0 Å². The fourth-order valence-corrected chi connectivity index (χ4v) is 7.95. The summed E-state index contributed by atoms with van der Waals surface area (Å²) in [5, 5.41) is 13.8. The number of aliphatic hydroxyl groups excluding tert-OH is 1. The smallest absolute Gasteiger partial charge is 0.302 e. The minimum Gasteiger partial charge on any atom is -0.497 e. The lowest BCUT2D eigenvalue weighted by molar-refractivity contribution is -0.244. The van der Waals surface area contributed by atoms with Crippen molar-refractivity contribution in [3.63, 3.8) is 0 Å². The van der Waals surface area contributed by atoms with Crippen molar-refractivity contribution in [2.45, 2.75) is 116 Å². The highest BCUT2D eigenvalue weighted by molar-refractivity contribution is 5.78. The molecule has 346 valence electrons. The Labute approximate surface area is 372 Å². The Morgan fingerprint density at radius 2 is 1.27 bits per heavy atom. The summed E-state index contributed by atoms with van der Waals surface area (Å²) in [4.78, 5) is 54.6. The van der Waals surface area contributed by atoms with E-state index in [0.717, 1.165) is 55.2 Å². The van der Waals surface area contributed by atoms with Crippen LogP contribution < -0.4 is 14.8 Å². The largest absolute Gasteiger partial charge is 0.497 e. The van der Waals surface area contributed by atoms with Crippen molar-refractivity contribution in [2.24, 2.45) is 11.8 Å². The van der Waals surface area contributed by atoms with E-state index < -0.39 is 18.7 Å². The molecule has 63 heavy (non-hydrogen) atoms. The molecular weight excluding hydrogens is 809 g/mol. The summed E-state index contributed by atoms with van der Waals surface area (Å²) in [5.41, 5.74) is 1.52. The molecule has 0 bridgehead atoms. The highest BCUT2D eigenvalue weighted by Crippen LogP contribution is 2.42. The van der Waals surface area contributed by atoms with Gasteiger partial charge in [-0.25, -0.2) is 9.90 Å². The van der Waals surface area contributed by atoms with Gasteiger partial charge in [-0.05, 0) is 78.5 Å². The van der Waals surface area contributed by atoms with Gasteiger partial charge >= 0.3 is 5.97 Å². The molecular formula is C49H68N2O12. The molecule has 1 aliphatic heterocycles. The number of hydrogen-bond donors (Lipinski definition) is 2. The van der Waals surface area contributed by atoms with E-state index in [1.54, 1.807) is 14.2 Å². The van der Waals surface area contributed by atoms with Crippen LogP contribution in [0.3, 0.4) is 0 Å². The number of ether oxygens (including phenoxy) is 6. The van der Waals surface area contributed by atoms with Crippen molar-refractivity contribution < 1.29 is 57.5 Å². The number of carbonyl (C=O) groups is 4. The molecule has 0 aliphatic carbocycles. The second-order valence-corrected chi connectivity index (χ2v) is 16.0. The van der Waals surface area contributed by atoms with E-state index in [-0.39, 0.29) is 73.7 Å². The molecule has 14 nitrogen and oxygen atoms in total. The van der Waals surface area contributed by atoms with E-state index in [9.17, 15) is 24.3 Å². The summed E-state index contributed by atoms with van der Waals surface area (Å²) >= 11 is 0. The van der Waals surface area contributed by atoms with E-state index in [2.05, 4.69) is 5.32 Å². The average Bonchev–Trinajstić information content (AvgIpc) is 3.29. The van der Waals surface area contributed by atoms with Crippen LogP contribution in [0.15, 0.2) is 78.9 Å². The molecule has 1 fully saturated rings. The molecule has 0 saturated carbocycles. The van der Waals surface area contributed by atoms with Crippen LogP contribution in [-0.2, 0) is 48.6 Å². The van der Waals surface area contributed by atoms with Gasteiger partial charge in [-0.1, -0.05) is 87.7 Å². The third-order valence-corrected chi connectivity index (χ3v) is 11.7. The number of esters is 1. The second kappa shape index (κ2) is 26.7. The fourth-order valence-electron chi connectivity index (χ4n) is 7.95. The molecule has 14 heteroatoms. The third-order valence-electron chi connectivity index (χ3n) is 11.7. The first-order valence-electron chi connectivity index (χ1n) is 22.1. The lowest BCUT2D eigenvalue weighted by Gasteiger charge is -2.44. The summed E-state index contributed by atoms with van der Waals surface area (Å²) in [7, 11) is 3.23. The zero-order chi connectivity index (χ0) is 45.6. The standard InChI is InChI=1S/C49H68N2O12/c1-35-36(2)47(50-37(3)53)48(63-45(35)33-60-38(4)54)59-31-16-10-14-20-42(55)19-13-7-8-15-21-46(56)51(62-34-52)30-32-61-49(39-17-11-9-12-18-39,40-22-26-43(57-5)27-23-40)41-24-28-44(58-6)29-25-41/h9,11-12,17-18,22-29,35-36,45,47-48,52H,7-8,10,13-16,19-21,30-34H2,1-6H3,(H,50,53). The second-order valence-electron chi connectivity index (χ2n) is 16.0. The number of benzene rings is 3. The maximum absolute atomic E-state index is 13.3. The number of aliphatic hydroxyl groups is 1. The predicted octanol–water partition coefficient (Wildman–Crippen LogP) is 7.27. The van der Waals surface area contributed by atoms with Crippen molar-refractivity contribution in [3.8, 4) is 11.5 Å². The zero-order valence-corrected chi connectivity index (χ0v) is 37.9. The van der Waals surface area contributed by atoms with E-state index >= 15 is 0 Å². The summed E-state index contributed by atoms with van der Waals surface area (Å²) < 4.78 is 35.2.